The number of anilines is 1. The van der Waals surface area contributed by atoms with Crippen molar-refractivity contribution in [3.05, 3.63) is 87.3 Å². The number of carbonyl (C=O) groups excluding carboxylic acids is 2. The van der Waals surface area contributed by atoms with Crippen LogP contribution in [0.25, 0.3) is 0 Å². The van der Waals surface area contributed by atoms with Crippen LogP contribution in [-0.2, 0) is 6.54 Å². The molecular formula is C29H37N5O2S. The second kappa shape index (κ2) is 13.8. The van der Waals surface area contributed by atoms with Crippen LogP contribution >= 0.6 is 11.3 Å². The van der Waals surface area contributed by atoms with Crippen LogP contribution in [0.3, 0.4) is 0 Å². The van der Waals surface area contributed by atoms with Crippen molar-refractivity contribution in [2.45, 2.75) is 34.2 Å². The van der Waals surface area contributed by atoms with Crippen molar-refractivity contribution in [2.24, 2.45) is 5.10 Å². The molecule has 0 aliphatic heterocycles. The number of hydrogen-bond donors (Lipinski definition) is 2. The molecule has 0 aliphatic carbocycles. The summed E-state index contributed by atoms with van der Waals surface area (Å²) in [5, 5.41) is 9.37. The minimum Gasteiger partial charge on any atom is -0.313 e. The van der Waals surface area contributed by atoms with Gasteiger partial charge in [-0.15, -0.1) is 11.3 Å². The molecule has 1 aromatic heterocycles. The molecule has 1 heterocycles. The molecule has 3 aromatic rings. The van der Waals surface area contributed by atoms with Gasteiger partial charge < -0.3 is 15.1 Å². The molecular weight excluding hydrogens is 482 g/mol. The topological polar surface area (TPSA) is 77.0 Å². The molecule has 3 rings (SSSR count). The number of carbonyl (C=O) groups is 2. The number of hydrogen-bond acceptors (Lipinski definition) is 6. The lowest BCUT2D eigenvalue weighted by Crippen LogP contribution is -2.32. The highest BCUT2D eigenvalue weighted by Gasteiger charge is 2.19. The molecule has 0 saturated carbocycles. The van der Waals surface area contributed by atoms with Crippen LogP contribution in [0.2, 0.25) is 0 Å². The van der Waals surface area contributed by atoms with Crippen molar-refractivity contribution in [3.63, 3.8) is 0 Å². The normalized spacial score (nSPS) is 11.4. The summed E-state index contributed by atoms with van der Waals surface area (Å²) in [5.74, 6) is -0.604. The second-order valence-corrected chi connectivity index (χ2v) is 10.0. The lowest BCUT2D eigenvalue weighted by Gasteiger charge is -2.23. The highest BCUT2D eigenvalue weighted by atomic mass is 32.1. The van der Waals surface area contributed by atoms with Gasteiger partial charge in [-0.05, 0) is 68.2 Å². The third-order valence-electron chi connectivity index (χ3n) is 6.22. The summed E-state index contributed by atoms with van der Waals surface area (Å²) in [6.45, 7) is 13.0. The van der Waals surface area contributed by atoms with Crippen molar-refractivity contribution < 1.29 is 9.59 Å². The zero-order chi connectivity index (χ0) is 26.8. The number of likely N-dealkylation sites (N-methyl/N-ethyl adjacent to an activating group) is 2. The SMILES string of the molecule is CCN(CC)CCN(C)Cc1cccc(C(=O)Nc2scc(C)c2C(=O)NN=Cc2ccc(C)cc2)c1. The summed E-state index contributed by atoms with van der Waals surface area (Å²) in [6, 6.07) is 15.5. The Labute approximate surface area is 224 Å². The van der Waals surface area contributed by atoms with Crippen LogP contribution in [0, 0.1) is 13.8 Å². The van der Waals surface area contributed by atoms with E-state index in [4.69, 9.17) is 0 Å². The Hall–Kier alpha value is -3.33. The molecule has 7 nitrogen and oxygen atoms in total. The van der Waals surface area contributed by atoms with Crippen molar-refractivity contribution in [1.29, 1.82) is 0 Å². The van der Waals surface area contributed by atoms with E-state index in [1.54, 1.807) is 12.3 Å². The lowest BCUT2D eigenvalue weighted by molar-refractivity contribution is 0.0956. The van der Waals surface area contributed by atoms with Crippen molar-refractivity contribution in [3.8, 4) is 0 Å². The van der Waals surface area contributed by atoms with E-state index in [0.717, 1.165) is 55.0 Å². The molecule has 0 spiro atoms. The van der Waals surface area contributed by atoms with Crippen LogP contribution in [0.15, 0.2) is 59.0 Å². The van der Waals surface area contributed by atoms with Crippen molar-refractivity contribution in [1.82, 2.24) is 15.2 Å². The van der Waals surface area contributed by atoms with Crippen molar-refractivity contribution >= 4 is 34.4 Å². The van der Waals surface area contributed by atoms with Crippen LogP contribution in [0.5, 0.6) is 0 Å². The quantitative estimate of drug-likeness (QED) is 0.256. The zero-order valence-electron chi connectivity index (χ0n) is 22.4. The van der Waals surface area contributed by atoms with Gasteiger partial charge in [-0.1, -0.05) is 55.8 Å². The highest BCUT2D eigenvalue weighted by Crippen LogP contribution is 2.28. The summed E-state index contributed by atoms with van der Waals surface area (Å²) in [7, 11) is 2.09. The Morgan fingerprint density at radius 2 is 1.73 bits per heavy atom. The summed E-state index contributed by atoms with van der Waals surface area (Å²) in [6.07, 6.45) is 1.60. The smallest absolute Gasteiger partial charge is 0.274 e. The zero-order valence-corrected chi connectivity index (χ0v) is 23.2. The molecule has 2 amide bonds. The number of hydrazone groups is 1. The number of nitrogens with one attached hydrogen (secondary N) is 2. The van der Waals surface area contributed by atoms with Gasteiger partial charge in [0.25, 0.3) is 11.8 Å². The standard InChI is InChI=1S/C29H37N5O2S/c1-6-34(7-2)16-15-33(5)19-24-9-8-10-25(17-24)27(35)31-29-26(22(4)20-37-29)28(36)32-30-18-23-13-11-21(3)12-14-23/h8-14,17-18,20H,6-7,15-16,19H2,1-5H3,(H,31,35)(H,32,36). The molecule has 0 fully saturated rings. The fourth-order valence-corrected chi connectivity index (χ4v) is 4.86. The first-order valence-electron chi connectivity index (χ1n) is 12.6. The van der Waals surface area contributed by atoms with E-state index in [1.807, 2.05) is 61.7 Å². The van der Waals surface area contributed by atoms with Gasteiger partial charge in [0.05, 0.1) is 11.8 Å². The average molecular weight is 520 g/mol. The molecule has 196 valence electrons. The Morgan fingerprint density at radius 3 is 2.43 bits per heavy atom. The molecule has 0 bridgehead atoms. The van der Waals surface area contributed by atoms with E-state index in [9.17, 15) is 9.59 Å². The van der Waals surface area contributed by atoms with Gasteiger partial charge in [-0.2, -0.15) is 5.10 Å². The summed E-state index contributed by atoms with van der Waals surface area (Å²) in [5.41, 5.74) is 7.46. The van der Waals surface area contributed by atoms with Crippen molar-refractivity contribution in [2.75, 3.05) is 38.5 Å². The maximum Gasteiger partial charge on any atom is 0.274 e. The summed E-state index contributed by atoms with van der Waals surface area (Å²) >= 11 is 1.33. The highest BCUT2D eigenvalue weighted by molar-refractivity contribution is 7.15. The largest absolute Gasteiger partial charge is 0.313 e. The van der Waals surface area contributed by atoms with Gasteiger partial charge in [-0.25, -0.2) is 5.43 Å². The fraction of sp³-hybridized carbons (Fsp3) is 0.345. The monoisotopic (exact) mass is 519 g/mol. The number of rotatable bonds is 12. The Bertz CT molecular complexity index is 1220. The van der Waals surface area contributed by atoms with E-state index in [1.165, 1.54) is 11.3 Å². The first-order valence-corrected chi connectivity index (χ1v) is 13.5. The lowest BCUT2D eigenvalue weighted by atomic mass is 10.1. The van der Waals surface area contributed by atoms with E-state index in [0.29, 0.717) is 16.1 Å². The molecule has 0 saturated heterocycles. The number of thiophene rings is 1. The molecule has 2 N–H and O–H groups in total. The first kappa shape index (κ1) is 28.2. The Balaban J connectivity index is 1.62. The maximum absolute atomic E-state index is 13.1. The fourth-order valence-electron chi connectivity index (χ4n) is 3.92. The predicted octanol–water partition coefficient (Wildman–Crippen LogP) is 5.15. The number of benzene rings is 2. The first-order chi connectivity index (χ1) is 17.8. The maximum atomic E-state index is 13.1. The van der Waals surface area contributed by atoms with E-state index >= 15 is 0 Å². The summed E-state index contributed by atoms with van der Waals surface area (Å²) < 4.78 is 0. The third kappa shape index (κ3) is 8.35. The third-order valence-corrected chi connectivity index (χ3v) is 7.23. The van der Waals surface area contributed by atoms with Gasteiger partial charge >= 0.3 is 0 Å². The van der Waals surface area contributed by atoms with Crippen LogP contribution in [-0.4, -0.2) is 61.1 Å². The molecule has 0 unspecified atom stereocenters. The minimum absolute atomic E-state index is 0.244. The molecule has 2 aromatic carbocycles. The molecule has 0 radical (unpaired) electrons. The summed E-state index contributed by atoms with van der Waals surface area (Å²) in [4.78, 5) is 30.6. The van der Waals surface area contributed by atoms with Gasteiger partial charge in [0, 0.05) is 25.2 Å². The molecule has 8 heteroatoms. The predicted molar refractivity (Wildman–Crippen MR) is 154 cm³/mol. The van der Waals surface area contributed by atoms with Crippen LogP contribution in [0.1, 0.15) is 56.8 Å². The molecule has 37 heavy (non-hydrogen) atoms. The average Bonchev–Trinajstić information content (AvgIpc) is 3.25. The Kier molecular flexibility index (Phi) is 10.6. The number of amides is 2. The Morgan fingerprint density at radius 1 is 1.00 bits per heavy atom. The minimum atomic E-state index is -0.360. The second-order valence-electron chi connectivity index (χ2n) is 9.15. The van der Waals surface area contributed by atoms with Gasteiger partial charge in [-0.3, -0.25) is 9.59 Å². The van der Waals surface area contributed by atoms with Crippen LogP contribution in [0.4, 0.5) is 5.00 Å². The van der Waals surface area contributed by atoms with E-state index < -0.39 is 0 Å². The molecule has 0 atom stereocenters. The molecule has 0 aliphatic rings. The van der Waals surface area contributed by atoms with E-state index in [-0.39, 0.29) is 11.8 Å². The number of nitrogens with zero attached hydrogens (tertiary/aromatic N) is 3. The van der Waals surface area contributed by atoms with Gasteiger partial charge in [0.2, 0.25) is 0 Å². The van der Waals surface area contributed by atoms with Gasteiger partial charge in [0.15, 0.2) is 0 Å². The van der Waals surface area contributed by atoms with Gasteiger partial charge in [0.1, 0.15) is 5.00 Å². The van der Waals surface area contributed by atoms with E-state index in [2.05, 4.69) is 46.5 Å². The number of aryl methyl sites for hydroxylation is 2. The van der Waals surface area contributed by atoms with Crippen LogP contribution < -0.4 is 10.7 Å².